The Balaban J connectivity index is 1.63. The number of likely N-dealkylation sites (tertiary alicyclic amines) is 1. The predicted octanol–water partition coefficient (Wildman–Crippen LogP) is 2.37. The van der Waals surface area contributed by atoms with Gasteiger partial charge in [-0.1, -0.05) is 12.1 Å². The number of rotatable bonds is 3. The number of nitrogens with zero attached hydrogens (tertiary/aromatic N) is 2. The van der Waals surface area contributed by atoms with Crippen molar-refractivity contribution in [1.82, 2.24) is 9.88 Å². The van der Waals surface area contributed by atoms with E-state index in [0.717, 1.165) is 32.5 Å². The van der Waals surface area contributed by atoms with Gasteiger partial charge < -0.3 is 10.7 Å². The third-order valence-corrected chi connectivity index (χ3v) is 4.31. The minimum atomic E-state index is -0.269. The first-order valence-electron chi connectivity index (χ1n) is 7.13. The van der Waals surface area contributed by atoms with Crippen molar-refractivity contribution in [1.29, 1.82) is 5.26 Å². The summed E-state index contributed by atoms with van der Waals surface area (Å²) in [5, 5.41) is 10.1. The fourth-order valence-corrected chi connectivity index (χ4v) is 2.94. The van der Waals surface area contributed by atoms with Crippen LogP contribution in [0, 0.1) is 11.3 Å². The third-order valence-electron chi connectivity index (χ3n) is 4.31. The van der Waals surface area contributed by atoms with Crippen LogP contribution in [0.3, 0.4) is 0 Å². The Morgan fingerprint density at radius 3 is 2.85 bits per heavy atom. The van der Waals surface area contributed by atoms with Crippen molar-refractivity contribution in [2.45, 2.75) is 31.3 Å². The second-order valence-corrected chi connectivity index (χ2v) is 5.87. The molecule has 104 valence electrons. The number of benzene rings is 1. The highest BCUT2D eigenvalue weighted by molar-refractivity contribution is 5.79. The SMILES string of the molecule is N#CCC1(N)CCN(Cc2ccc3cc[nH]c3c2)CC1. The molecule has 1 aromatic carbocycles. The van der Waals surface area contributed by atoms with Crippen molar-refractivity contribution in [3.8, 4) is 6.07 Å². The molecule has 1 fully saturated rings. The molecule has 3 rings (SSSR count). The molecule has 2 aromatic rings. The van der Waals surface area contributed by atoms with E-state index in [9.17, 15) is 0 Å². The van der Waals surface area contributed by atoms with E-state index in [-0.39, 0.29) is 5.54 Å². The van der Waals surface area contributed by atoms with Gasteiger partial charge in [0.25, 0.3) is 0 Å². The Morgan fingerprint density at radius 2 is 2.10 bits per heavy atom. The van der Waals surface area contributed by atoms with Gasteiger partial charge in [0, 0.05) is 36.9 Å². The Hall–Kier alpha value is -1.83. The number of hydrogen-bond donors (Lipinski definition) is 2. The standard InChI is InChI=1S/C16H20N4/c17-7-4-16(18)5-9-20(10-6-16)12-13-1-2-14-3-8-19-15(14)11-13/h1-3,8,11,19H,4-6,9-10,12,18H2. The fraction of sp³-hybridized carbons (Fsp3) is 0.438. The molecule has 2 heterocycles. The van der Waals surface area contributed by atoms with Crippen molar-refractivity contribution < 1.29 is 0 Å². The fourth-order valence-electron chi connectivity index (χ4n) is 2.94. The molecule has 0 saturated carbocycles. The van der Waals surface area contributed by atoms with Crippen LogP contribution < -0.4 is 5.73 Å². The first-order chi connectivity index (χ1) is 9.68. The summed E-state index contributed by atoms with van der Waals surface area (Å²) < 4.78 is 0. The molecule has 0 unspecified atom stereocenters. The summed E-state index contributed by atoms with van der Waals surface area (Å²) in [5.41, 5.74) is 8.48. The van der Waals surface area contributed by atoms with Gasteiger partial charge in [-0.15, -0.1) is 0 Å². The Kier molecular flexibility index (Phi) is 3.47. The van der Waals surface area contributed by atoms with Crippen LogP contribution in [-0.2, 0) is 6.54 Å². The maximum absolute atomic E-state index is 8.82. The monoisotopic (exact) mass is 268 g/mol. The van der Waals surface area contributed by atoms with Crippen molar-refractivity contribution >= 4 is 10.9 Å². The number of fused-ring (bicyclic) bond motifs is 1. The van der Waals surface area contributed by atoms with Crippen molar-refractivity contribution in [3.05, 3.63) is 36.0 Å². The number of piperidine rings is 1. The molecule has 0 aliphatic carbocycles. The smallest absolute Gasteiger partial charge is 0.0641 e. The number of nitriles is 1. The molecule has 0 bridgehead atoms. The highest BCUT2D eigenvalue weighted by atomic mass is 15.1. The van der Waals surface area contributed by atoms with E-state index in [4.69, 9.17) is 11.0 Å². The average molecular weight is 268 g/mol. The summed E-state index contributed by atoms with van der Waals surface area (Å²) in [6.45, 7) is 2.90. The molecule has 1 aliphatic rings. The van der Waals surface area contributed by atoms with Crippen LogP contribution in [0.25, 0.3) is 10.9 Å². The zero-order valence-corrected chi connectivity index (χ0v) is 11.6. The lowest BCUT2D eigenvalue weighted by molar-refractivity contribution is 0.157. The Morgan fingerprint density at radius 1 is 1.30 bits per heavy atom. The lowest BCUT2D eigenvalue weighted by Crippen LogP contribution is -2.49. The molecule has 1 aliphatic heterocycles. The summed E-state index contributed by atoms with van der Waals surface area (Å²) in [7, 11) is 0. The molecule has 1 saturated heterocycles. The lowest BCUT2D eigenvalue weighted by atomic mass is 9.86. The van der Waals surface area contributed by atoms with Crippen molar-refractivity contribution in [2.24, 2.45) is 5.73 Å². The zero-order valence-electron chi connectivity index (χ0n) is 11.6. The van der Waals surface area contributed by atoms with Crippen molar-refractivity contribution in [2.75, 3.05) is 13.1 Å². The molecule has 1 aromatic heterocycles. The van der Waals surface area contributed by atoms with E-state index >= 15 is 0 Å². The predicted molar refractivity (Wildman–Crippen MR) is 80.0 cm³/mol. The van der Waals surface area contributed by atoms with E-state index in [2.05, 4.69) is 40.2 Å². The van der Waals surface area contributed by atoms with Crippen LogP contribution in [0.15, 0.2) is 30.5 Å². The lowest BCUT2D eigenvalue weighted by Gasteiger charge is -2.37. The molecular weight excluding hydrogens is 248 g/mol. The van der Waals surface area contributed by atoms with E-state index in [0.29, 0.717) is 6.42 Å². The number of nitrogens with one attached hydrogen (secondary N) is 1. The zero-order chi connectivity index (χ0) is 14.0. The topological polar surface area (TPSA) is 68.8 Å². The van der Waals surface area contributed by atoms with Gasteiger partial charge >= 0.3 is 0 Å². The second kappa shape index (κ2) is 5.28. The largest absolute Gasteiger partial charge is 0.361 e. The minimum Gasteiger partial charge on any atom is -0.361 e. The molecule has 20 heavy (non-hydrogen) atoms. The van der Waals surface area contributed by atoms with Crippen LogP contribution >= 0.6 is 0 Å². The van der Waals surface area contributed by atoms with Crippen LogP contribution in [0.4, 0.5) is 0 Å². The van der Waals surface area contributed by atoms with E-state index in [1.165, 1.54) is 16.5 Å². The third kappa shape index (κ3) is 2.69. The average Bonchev–Trinajstić information content (AvgIpc) is 2.89. The molecule has 0 radical (unpaired) electrons. The van der Waals surface area contributed by atoms with Crippen LogP contribution in [0.2, 0.25) is 0 Å². The maximum atomic E-state index is 8.82. The summed E-state index contributed by atoms with van der Waals surface area (Å²) in [6, 6.07) is 10.9. The Labute approximate surface area is 119 Å². The van der Waals surface area contributed by atoms with Gasteiger partial charge in [-0.2, -0.15) is 5.26 Å². The molecule has 4 heteroatoms. The molecular formula is C16H20N4. The van der Waals surface area contributed by atoms with Crippen LogP contribution in [0.5, 0.6) is 0 Å². The van der Waals surface area contributed by atoms with E-state index < -0.39 is 0 Å². The molecule has 4 nitrogen and oxygen atoms in total. The minimum absolute atomic E-state index is 0.269. The van der Waals surface area contributed by atoms with Gasteiger partial charge in [0.15, 0.2) is 0 Å². The number of aromatic nitrogens is 1. The van der Waals surface area contributed by atoms with Gasteiger partial charge in [0.1, 0.15) is 0 Å². The second-order valence-electron chi connectivity index (χ2n) is 5.87. The summed E-state index contributed by atoms with van der Waals surface area (Å²) >= 11 is 0. The summed E-state index contributed by atoms with van der Waals surface area (Å²) in [4.78, 5) is 5.68. The van der Waals surface area contributed by atoms with Crippen LogP contribution in [0.1, 0.15) is 24.8 Å². The molecule has 0 spiro atoms. The first kappa shape index (κ1) is 13.2. The first-order valence-corrected chi connectivity index (χ1v) is 7.13. The molecule has 3 N–H and O–H groups in total. The normalized spacial score (nSPS) is 19.0. The van der Waals surface area contributed by atoms with Gasteiger partial charge in [-0.05, 0) is 35.9 Å². The van der Waals surface area contributed by atoms with Gasteiger partial charge in [-0.3, -0.25) is 4.90 Å². The number of nitrogens with two attached hydrogens (primary N) is 1. The van der Waals surface area contributed by atoms with Crippen LogP contribution in [-0.4, -0.2) is 28.5 Å². The number of aromatic amines is 1. The van der Waals surface area contributed by atoms with Gasteiger partial charge in [0.05, 0.1) is 12.5 Å². The van der Waals surface area contributed by atoms with Gasteiger partial charge in [-0.25, -0.2) is 0 Å². The quantitative estimate of drug-likeness (QED) is 0.898. The maximum Gasteiger partial charge on any atom is 0.0641 e. The highest BCUT2D eigenvalue weighted by Gasteiger charge is 2.30. The highest BCUT2D eigenvalue weighted by Crippen LogP contribution is 2.24. The summed E-state index contributed by atoms with van der Waals surface area (Å²) in [6.07, 6.45) is 4.26. The molecule has 0 atom stereocenters. The van der Waals surface area contributed by atoms with Gasteiger partial charge in [0.2, 0.25) is 0 Å². The Bertz CT molecular complexity index is 629. The van der Waals surface area contributed by atoms with E-state index in [1.807, 2.05) is 6.20 Å². The number of H-pyrrole nitrogens is 1. The van der Waals surface area contributed by atoms with Crippen molar-refractivity contribution in [3.63, 3.8) is 0 Å². The van der Waals surface area contributed by atoms with E-state index in [1.54, 1.807) is 0 Å². The summed E-state index contributed by atoms with van der Waals surface area (Å²) in [5.74, 6) is 0. The number of hydrogen-bond acceptors (Lipinski definition) is 3. The molecule has 0 amide bonds.